The Kier molecular flexibility index (Phi) is 5.35. The first-order chi connectivity index (χ1) is 15.3. The lowest BCUT2D eigenvalue weighted by Gasteiger charge is -2.30. The number of amides is 3. The second-order valence-corrected chi connectivity index (χ2v) is 7.31. The predicted octanol–water partition coefficient (Wildman–Crippen LogP) is 2.77. The minimum absolute atomic E-state index is 0.130. The van der Waals surface area contributed by atoms with Crippen LogP contribution in [0.25, 0.3) is 0 Å². The van der Waals surface area contributed by atoms with E-state index in [9.17, 15) is 24.5 Å². The first-order valence-corrected chi connectivity index (χ1v) is 9.92. The van der Waals surface area contributed by atoms with E-state index in [4.69, 9.17) is 4.74 Å². The molecule has 0 saturated heterocycles. The second kappa shape index (κ2) is 8.14. The first-order valence-electron chi connectivity index (χ1n) is 9.92. The molecule has 0 aromatic heterocycles. The van der Waals surface area contributed by atoms with Crippen LogP contribution < -0.4 is 10.2 Å². The van der Waals surface area contributed by atoms with Gasteiger partial charge in [0.1, 0.15) is 0 Å². The first kappa shape index (κ1) is 21.0. The third kappa shape index (κ3) is 3.55. The number of nitro groups is 1. The van der Waals surface area contributed by atoms with Crippen molar-refractivity contribution in [1.82, 2.24) is 10.2 Å². The number of rotatable bonds is 5. The molecule has 0 bridgehead atoms. The molecule has 2 aromatic carbocycles. The van der Waals surface area contributed by atoms with Crippen LogP contribution in [0.4, 0.5) is 16.2 Å². The Morgan fingerprint density at radius 1 is 1.22 bits per heavy atom. The van der Waals surface area contributed by atoms with Gasteiger partial charge in [-0.15, -0.1) is 0 Å². The van der Waals surface area contributed by atoms with Gasteiger partial charge < -0.3 is 15.0 Å². The van der Waals surface area contributed by atoms with Crippen molar-refractivity contribution in [3.05, 3.63) is 81.0 Å². The predicted molar refractivity (Wildman–Crippen MR) is 114 cm³/mol. The van der Waals surface area contributed by atoms with Crippen LogP contribution >= 0.6 is 0 Å². The van der Waals surface area contributed by atoms with Crippen molar-refractivity contribution in [3.8, 4) is 0 Å². The summed E-state index contributed by atoms with van der Waals surface area (Å²) >= 11 is 0. The van der Waals surface area contributed by atoms with E-state index in [-0.39, 0.29) is 24.7 Å². The fourth-order valence-corrected chi connectivity index (χ4v) is 3.84. The standard InChI is InChI=1S/C22H20N4O6/c1-3-32-21(28)13-7-9-15(10-8-13)25-12-17-18(20(25)27)19(23-22(29)24(17)2)14-5-4-6-16(11-14)26(30)31/h4-11,19H,3,12H2,1-2H3,(H,23,29). The summed E-state index contributed by atoms with van der Waals surface area (Å²) in [6.45, 7) is 2.13. The van der Waals surface area contributed by atoms with Crippen molar-refractivity contribution < 1.29 is 24.0 Å². The van der Waals surface area contributed by atoms with Gasteiger partial charge >= 0.3 is 12.0 Å². The molecule has 0 radical (unpaired) electrons. The maximum Gasteiger partial charge on any atom is 0.338 e. The number of ether oxygens (including phenoxy) is 1. The van der Waals surface area contributed by atoms with Crippen LogP contribution in [-0.4, -0.2) is 47.9 Å². The van der Waals surface area contributed by atoms with Crippen molar-refractivity contribution in [2.24, 2.45) is 0 Å². The van der Waals surface area contributed by atoms with Crippen LogP contribution in [0.2, 0.25) is 0 Å². The van der Waals surface area contributed by atoms with Crippen molar-refractivity contribution >= 4 is 29.3 Å². The van der Waals surface area contributed by atoms with Gasteiger partial charge in [0.2, 0.25) is 0 Å². The molecule has 2 heterocycles. The number of benzene rings is 2. The van der Waals surface area contributed by atoms with E-state index in [0.717, 1.165) is 0 Å². The normalized spacial score (nSPS) is 17.9. The molecule has 0 aliphatic carbocycles. The maximum atomic E-state index is 13.4. The number of urea groups is 1. The zero-order valence-electron chi connectivity index (χ0n) is 17.4. The largest absolute Gasteiger partial charge is 0.462 e. The molecule has 0 fully saturated rings. The minimum Gasteiger partial charge on any atom is -0.462 e. The molecule has 0 spiro atoms. The summed E-state index contributed by atoms with van der Waals surface area (Å²) in [5.41, 5.74) is 2.10. The van der Waals surface area contributed by atoms with Crippen LogP contribution in [0.3, 0.4) is 0 Å². The molecule has 2 aliphatic heterocycles. The lowest BCUT2D eigenvalue weighted by Crippen LogP contribution is -2.45. The summed E-state index contributed by atoms with van der Waals surface area (Å²) in [5, 5.41) is 13.9. The van der Waals surface area contributed by atoms with Crippen LogP contribution in [0, 0.1) is 10.1 Å². The Morgan fingerprint density at radius 3 is 2.59 bits per heavy atom. The molecule has 0 saturated carbocycles. The molecule has 164 valence electrons. The molecule has 10 heteroatoms. The van der Waals surface area contributed by atoms with Crippen LogP contribution in [-0.2, 0) is 9.53 Å². The minimum atomic E-state index is -0.815. The molecule has 1 atom stereocenters. The number of carbonyl (C=O) groups is 3. The van der Waals surface area contributed by atoms with Crippen LogP contribution in [0.1, 0.15) is 28.9 Å². The number of anilines is 1. The van der Waals surface area contributed by atoms with E-state index < -0.39 is 23.0 Å². The summed E-state index contributed by atoms with van der Waals surface area (Å²) < 4.78 is 4.98. The molecule has 4 rings (SSSR count). The smallest absolute Gasteiger partial charge is 0.338 e. The third-order valence-electron chi connectivity index (χ3n) is 5.46. The average Bonchev–Trinajstić information content (AvgIpc) is 3.14. The van der Waals surface area contributed by atoms with Crippen LogP contribution in [0.5, 0.6) is 0 Å². The lowest BCUT2D eigenvalue weighted by molar-refractivity contribution is -0.384. The molecular formula is C22H20N4O6. The monoisotopic (exact) mass is 436 g/mol. The van der Waals surface area contributed by atoms with E-state index in [1.54, 1.807) is 44.3 Å². The number of nitrogens with zero attached hydrogens (tertiary/aromatic N) is 3. The number of likely N-dealkylation sites (N-methyl/N-ethyl adjacent to an activating group) is 1. The van der Waals surface area contributed by atoms with Gasteiger partial charge in [0.25, 0.3) is 11.6 Å². The molecule has 1 unspecified atom stereocenters. The number of carbonyl (C=O) groups excluding carboxylic acids is 3. The van der Waals surface area contributed by atoms with Gasteiger partial charge in [0.05, 0.1) is 41.0 Å². The highest BCUT2D eigenvalue weighted by Gasteiger charge is 2.43. The Morgan fingerprint density at radius 2 is 1.94 bits per heavy atom. The number of hydrogen-bond acceptors (Lipinski definition) is 6. The summed E-state index contributed by atoms with van der Waals surface area (Å²) in [6, 6.07) is 11.1. The van der Waals surface area contributed by atoms with E-state index in [1.807, 2.05) is 0 Å². The van der Waals surface area contributed by atoms with E-state index >= 15 is 0 Å². The number of hydrogen-bond donors (Lipinski definition) is 1. The molecule has 2 aliphatic rings. The third-order valence-corrected chi connectivity index (χ3v) is 5.46. The quantitative estimate of drug-likeness (QED) is 0.437. The van der Waals surface area contributed by atoms with Crippen molar-refractivity contribution in [2.45, 2.75) is 13.0 Å². The van der Waals surface area contributed by atoms with Gasteiger partial charge in [0.15, 0.2) is 0 Å². The van der Waals surface area contributed by atoms with E-state index in [0.29, 0.717) is 28.1 Å². The zero-order chi connectivity index (χ0) is 23.0. The molecule has 3 amide bonds. The number of esters is 1. The Bertz CT molecular complexity index is 1160. The van der Waals surface area contributed by atoms with Gasteiger partial charge in [-0.05, 0) is 36.8 Å². The number of nitrogens with one attached hydrogen (secondary N) is 1. The highest BCUT2D eigenvalue weighted by molar-refractivity contribution is 6.12. The Balaban J connectivity index is 1.67. The Labute approximate surface area is 183 Å². The average molecular weight is 436 g/mol. The van der Waals surface area contributed by atoms with Gasteiger partial charge in [-0.2, -0.15) is 0 Å². The van der Waals surface area contributed by atoms with Crippen molar-refractivity contribution in [3.63, 3.8) is 0 Å². The summed E-state index contributed by atoms with van der Waals surface area (Å²) in [7, 11) is 1.56. The molecular weight excluding hydrogens is 416 g/mol. The fraction of sp³-hybridized carbons (Fsp3) is 0.227. The highest BCUT2D eigenvalue weighted by Crippen LogP contribution is 2.38. The SMILES string of the molecule is CCOC(=O)c1ccc(N2CC3=C(C2=O)C(c2cccc([N+](=O)[O-])c2)NC(=O)N3C)cc1. The summed E-state index contributed by atoms with van der Waals surface area (Å²) in [6.07, 6.45) is 0. The maximum absolute atomic E-state index is 13.4. The molecule has 32 heavy (non-hydrogen) atoms. The van der Waals surface area contributed by atoms with Gasteiger partial charge in [-0.3, -0.25) is 19.8 Å². The second-order valence-electron chi connectivity index (χ2n) is 7.31. The lowest BCUT2D eigenvalue weighted by atomic mass is 9.95. The summed E-state index contributed by atoms with van der Waals surface area (Å²) in [5.74, 6) is -0.781. The molecule has 10 nitrogen and oxygen atoms in total. The molecule has 1 N–H and O–H groups in total. The zero-order valence-corrected chi connectivity index (χ0v) is 17.4. The van der Waals surface area contributed by atoms with Crippen molar-refractivity contribution in [1.29, 1.82) is 0 Å². The van der Waals surface area contributed by atoms with E-state index in [1.165, 1.54) is 28.0 Å². The fourth-order valence-electron chi connectivity index (χ4n) is 3.84. The topological polar surface area (TPSA) is 122 Å². The highest BCUT2D eigenvalue weighted by atomic mass is 16.6. The van der Waals surface area contributed by atoms with Gasteiger partial charge in [0, 0.05) is 24.9 Å². The molecule has 2 aromatic rings. The van der Waals surface area contributed by atoms with E-state index in [2.05, 4.69) is 5.32 Å². The van der Waals surface area contributed by atoms with Gasteiger partial charge in [-0.1, -0.05) is 12.1 Å². The number of non-ortho nitro benzene ring substituents is 1. The number of nitro benzene ring substituents is 1. The van der Waals surface area contributed by atoms with Crippen molar-refractivity contribution in [2.75, 3.05) is 25.1 Å². The van der Waals surface area contributed by atoms with Crippen LogP contribution in [0.15, 0.2) is 59.8 Å². The Hall–Kier alpha value is -4.21. The van der Waals surface area contributed by atoms with Gasteiger partial charge in [-0.25, -0.2) is 9.59 Å². The summed E-state index contributed by atoms with van der Waals surface area (Å²) in [4.78, 5) is 51.3.